The van der Waals surface area contributed by atoms with Crippen molar-refractivity contribution in [2.45, 2.75) is 12.5 Å². The fourth-order valence-electron chi connectivity index (χ4n) is 2.47. The van der Waals surface area contributed by atoms with Gasteiger partial charge in [0.15, 0.2) is 0 Å². The lowest BCUT2D eigenvalue weighted by Gasteiger charge is -2.18. The fraction of sp³-hybridized carbons (Fsp3) is 0.167. The van der Waals surface area contributed by atoms with Crippen molar-refractivity contribution < 1.29 is 4.52 Å². The van der Waals surface area contributed by atoms with Crippen molar-refractivity contribution in [3.63, 3.8) is 0 Å². The van der Waals surface area contributed by atoms with E-state index < -0.39 is 0 Å². The van der Waals surface area contributed by atoms with Crippen LogP contribution < -0.4 is 5.32 Å². The third-order valence-electron chi connectivity index (χ3n) is 3.55. The molecule has 0 spiro atoms. The van der Waals surface area contributed by atoms with Gasteiger partial charge in [-0.2, -0.15) is 0 Å². The van der Waals surface area contributed by atoms with Gasteiger partial charge in [0.25, 0.3) is 0 Å². The molecule has 0 bridgehead atoms. The van der Waals surface area contributed by atoms with E-state index in [-0.39, 0.29) is 0 Å². The van der Waals surface area contributed by atoms with E-state index in [9.17, 15) is 0 Å². The largest absolute Gasteiger partial charge is 0.364 e. The summed E-state index contributed by atoms with van der Waals surface area (Å²) in [6, 6.07) is 23.0. The molecule has 2 aromatic carbocycles. The van der Waals surface area contributed by atoms with Crippen LogP contribution in [0.3, 0.4) is 0 Å². The topological polar surface area (TPSA) is 38.1 Å². The summed E-state index contributed by atoms with van der Waals surface area (Å²) in [4.78, 5) is 0. The van der Waals surface area contributed by atoms with E-state index in [0.717, 1.165) is 12.2 Å². The predicted octanol–water partition coefficient (Wildman–Crippen LogP) is 3.60. The fourth-order valence-corrected chi connectivity index (χ4v) is 2.47. The zero-order valence-electron chi connectivity index (χ0n) is 11.8. The highest BCUT2D eigenvalue weighted by atomic mass is 16.5. The Labute approximate surface area is 124 Å². The van der Waals surface area contributed by atoms with Crippen LogP contribution in [0, 0.1) is 0 Å². The van der Waals surface area contributed by atoms with Crippen LogP contribution in [0.5, 0.6) is 0 Å². The molecule has 0 saturated carbocycles. The molecule has 3 nitrogen and oxygen atoms in total. The minimum absolute atomic E-state index is 0.333. The maximum Gasteiger partial charge on any atom is 0.124 e. The average molecular weight is 278 g/mol. The van der Waals surface area contributed by atoms with E-state index in [0.29, 0.717) is 12.5 Å². The van der Waals surface area contributed by atoms with Gasteiger partial charge in [-0.3, -0.25) is 0 Å². The number of hydrogen-bond donors (Lipinski definition) is 1. The third kappa shape index (κ3) is 3.58. The Kier molecular flexibility index (Phi) is 4.44. The number of hydrogen-bond acceptors (Lipinski definition) is 3. The van der Waals surface area contributed by atoms with Gasteiger partial charge in [-0.05, 0) is 11.1 Å². The molecule has 106 valence electrons. The average Bonchev–Trinajstić information content (AvgIpc) is 3.07. The van der Waals surface area contributed by atoms with E-state index in [1.165, 1.54) is 11.1 Å². The van der Waals surface area contributed by atoms with Gasteiger partial charge in [-0.15, -0.1) is 0 Å². The quantitative estimate of drug-likeness (QED) is 0.748. The lowest BCUT2D eigenvalue weighted by Crippen LogP contribution is -2.22. The summed E-state index contributed by atoms with van der Waals surface area (Å²) in [5, 5.41) is 7.38. The second kappa shape index (κ2) is 6.86. The summed E-state index contributed by atoms with van der Waals surface area (Å²) in [5.74, 6) is 0.333. The first-order valence-electron chi connectivity index (χ1n) is 7.13. The molecule has 0 amide bonds. The van der Waals surface area contributed by atoms with Crippen LogP contribution in [0.15, 0.2) is 77.5 Å². The summed E-state index contributed by atoms with van der Waals surface area (Å²) in [6.07, 6.45) is 1.60. The number of aromatic nitrogens is 1. The molecule has 1 heterocycles. The summed E-state index contributed by atoms with van der Waals surface area (Å²) in [6.45, 7) is 1.58. The van der Waals surface area contributed by atoms with E-state index in [1.54, 1.807) is 6.26 Å². The molecule has 0 aliphatic heterocycles. The number of nitrogens with one attached hydrogen (secondary N) is 1. The summed E-state index contributed by atoms with van der Waals surface area (Å²) in [7, 11) is 0. The van der Waals surface area contributed by atoms with E-state index >= 15 is 0 Å². The van der Waals surface area contributed by atoms with Crippen LogP contribution in [0.4, 0.5) is 0 Å². The highest BCUT2D eigenvalue weighted by Crippen LogP contribution is 2.23. The van der Waals surface area contributed by atoms with Crippen LogP contribution in [-0.4, -0.2) is 11.7 Å². The van der Waals surface area contributed by atoms with Crippen molar-refractivity contribution >= 4 is 0 Å². The minimum atomic E-state index is 0.333. The van der Waals surface area contributed by atoms with Crippen LogP contribution in [0.1, 0.15) is 22.7 Å². The Morgan fingerprint density at radius 1 is 0.857 bits per heavy atom. The van der Waals surface area contributed by atoms with Gasteiger partial charge in [-0.1, -0.05) is 65.8 Å². The molecule has 3 aromatic rings. The molecular formula is C18H18N2O. The number of benzene rings is 2. The van der Waals surface area contributed by atoms with Crippen molar-refractivity contribution in [3.8, 4) is 0 Å². The van der Waals surface area contributed by atoms with Crippen molar-refractivity contribution in [1.29, 1.82) is 0 Å². The van der Waals surface area contributed by atoms with Crippen LogP contribution in [0.2, 0.25) is 0 Å². The maximum atomic E-state index is 4.85. The lowest BCUT2D eigenvalue weighted by atomic mass is 9.91. The summed E-state index contributed by atoms with van der Waals surface area (Å²) >= 11 is 0. The Morgan fingerprint density at radius 2 is 1.48 bits per heavy atom. The molecule has 3 heteroatoms. The predicted molar refractivity (Wildman–Crippen MR) is 82.9 cm³/mol. The molecule has 0 unspecified atom stereocenters. The summed E-state index contributed by atoms with van der Waals surface area (Å²) in [5.41, 5.74) is 3.56. The monoisotopic (exact) mass is 278 g/mol. The molecule has 0 atom stereocenters. The molecule has 0 aliphatic rings. The lowest BCUT2D eigenvalue weighted by molar-refractivity contribution is 0.408. The van der Waals surface area contributed by atoms with Gasteiger partial charge in [0.2, 0.25) is 0 Å². The number of nitrogens with zero attached hydrogens (tertiary/aromatic N) is 1. The molecule has 3 rings (SSSR count). The highest BCUT2D eigenvalue weighted by Gasteiger charge is 2.13. The summed E-state index contributed by atoms with van der Waals surface area (Å²) < 4.78 is 4.85. The maximum absolute atomic E-state index is 4.85. The van der Waals surface area contributed by atoms with Crippen LogP contribution in [-0.2, 0) is 6.54 Å². The first-order valence-corrected chi connectivity index (χ1v) is 7.13. The Hall–Kier alpha value is -2.39. The minimum Gasteiger partial charge on any atom is -0.364 e. The first kappa shape index (κ1) is 13.6. The van der Waals surface area contributed by atoms with Crippen LogP contribution in [0.25, 0.3) is 0 Å². The molecule has 21 heavy (non-hydrogen) atoms. The zero-order chi connectivity index (χ0) is 14.3. The van der Waals surface area contributed by atoms with Gasteiger partial charge < -0.3 is 9.84 Å². The molecular weight excluding hydrogens is 260 g/mol. The van der Waals surface area contributed by atoms with Crippen molar-refractivity contribution in [1.82, 2.24) is 10.5 Å². The molecule has 1 aromatic heterocycles. The third-order valence-corrected chi connectivity index (χ3v) is 3.55. The Bertz CT molecular complexity index is 596. The molecule has 0 fully saturated rings. The Balaban J connectivity index is 1.73. The smallest absolute Gasteiger partial charge is 0.124 e. The number of rotatable bonds is 6. The van der Waals surface area contributed by atoms with Gasteiger partial charge in [0.05, 0.1) is 5.69 Å². The zero-order valence-corrected chi connectivity index (χ0v) is 11.8. The standard InChI is InChI=1S/C18H18N2O/c1-3-7-15(8-4-1)18(16-9-5-2-6-10-16)14-19-13-17-11-12-21-20-17/h1-12,18-19H,13-14H2. The van der Waals surface area contributed by atoms with E-state index in [2.05, 4.69) is 59.0 Å². The Morgan fingerprint density at radius 3 is 2.00 bits per heavy atom. The SMILES string of the molecule is c1ccc(C(CNCc2ccon2)c2ccccc2)cc1. The molecule has 0 aliphatic carbocycles. The van der Waals surface area contributed by atoms with Crippen LogP contribution >= 0.6 is 0 Å². The second-order valence-electron chi connectivity index (χ2n) is 5.00. The van der Waals surface area contributed by atoms with Crippen molar-refractivity contribution in [2.24, 2.45) is 0 Å². The van der Waals surface area contributed by atoms with Crippen molar-refractivity contribution in [2.75, 3.05) is 6.54 Å². The van der Waals surface area contributed by atoms with Gasteiger partial charge >= 0.3 is 0 Å². The molecule has 1 N–H and O–H groups in total. The molecule has 0 radical (unpaired) electrons. The van der Waals surface area contributed by atoms with E-state index in [1.807, 2.05) is 18.2 Å². The van der Waals surface area contributed by atoms with Crippen molar-refractivity contribution in [3.05, 3.63) is 89.8 Å². The van der Waals surface area contributed by atoms with E-state index in [4.69, 9.17) is 4.52 Å². The normalized spacial score (nSPS) is 10.9. The van der Waals surface area contributed by atoms with Gasteiger partial charge in [-0.25, -0.2) is 0 Å². The van der Waals surface area contributed by atoms with Gasteiger partial charge in [0.1, 0.15) is 6.26 Å². The van der Waals surface area contributed by atoms with Gasteiger partial charge in [0, 0.05) is 25.1 Å². The molecule has 0 saturated heterocycles. The highest BCUT2D eigenvalue weighted by molar-refractivity contribution is 5.32. The first-order chi connectivity index (χ1) is 10.4. The second-order valence-corrected chi connectivity index (χ2v) is 5.00.